The van der Waals surface area contributed by atoms with E-state index in [9.17, 15) is 13.2 Å². The number of benzene rings is 1. The van der Waals surface area contributed by atoms with Crippen LogP contribution in [0.25, 0.3) is 0 Å². The van der Waals surface area contributed by atoms with E-state index >= 15 is 0 Å². The normalized spacial score (nSPS) is 19.9. The summed E-state index contributed by atoms with van der Waals surface area (Å²) < 4.78 is 26.8. The van der Waals surface area contributed by atoms with E-state index in [2.05, 4.69) is 5.32 Å². The van der Waals surface area contributed by atoms with Crippen LogP contribution in [0.15, 0.2) is 24.3 Å². The van der Waals surface area contributed by atoms with Gasteiger partial charge in [0.15, 0.2) is 0 Å². The average Bonchev–Trinajstić information content (AvgIpc) is 2.91. The lowest BCUT2D eigenvalue weighted by Gasteiger charge is -2.26. The Labute approximate surface area is 129 Å². The summed E-state index contributed by atoms with van der Waals surface area (Å²) in [5.74, 6) is -0.319. The van der Waals surface area contributed by atoms with E-state index in [4.69, 9.17) is 11.6 Å². The van der Waals surface area contributed by atoms with E-state index in [0.29, 0.717) is 30.1 Å². The van der Waals surface area contributed by atoms with Gasteiger partial charge in [0.2, 0.25) is 5.91 Å². The molecule has 0 bridgehead atoms. The number of rotatable bonds is 4. The largest absolute Gasteiger partial charge is 0.325 e. The molecule has 1 N–H and O–H groups in total. The van der Waals surface area contributed by atoms with E-state index in [-0.39, 0.29) is 5.91 Å². The van der Waals surface area contributed by atoms with Crippen molar-refractivity contribution in [2.45, 2.75) is 18.9 Å². The standard InChI is InChI=1S/C13H18ClN3O3S/c1-16(2)21(19,20)17-9-3-4-12(17)13(18)15-11-7-5-10(14)6-8-11/h5-8,12H,3-4,9H2,1-2H3,(H,15,18)/t12-/m0/s1. The third kappa shape index (κ3) is 3.55. The summed E-state index contributed by atoms with van der Waals surface area (Å²) in [5.41, 5.74) is 0.596. The van der Waals surface area contributed by atoms with Crippen molar-refractivity contribution in [1.29, 1.82) is 0 Å². The number of hydrogen-bond acceptors (Lipinski definition) is 3. The van der Waals surface area contributed by atoms with Crippen LogP contribution in [0.4, 0.5) is 5.69 Å². The van der Waals surface area contributed by atoms with E-state index in [1.54, 1.807) is 24.3 Å². The predicted octanol–water partition coefficient (Wildman–Crippen LogP) is 1.55. The second kappa shape index (κ2) is 6.31. The third-order valence-electron chi connectivity index (χ3n) is 3.38. The molecule has 116 valence electrons. The molecule has 0 aromatic heterocycles. The number of amides is 1. The van der Waals surface area contributed by atoms with Gasteiger partial charge in [-0.1, -0.05) is 11.6 Å². The van der Waals surface area contributed by atoms with Crippen LogP contribution >= 0.6 is 11.6 Å². The van der Waals surface area contributed by atoms with Gasteiger partial charge in [-0.05, 0) is 37.1 Å². The highest BCUT2D eigenvalue weighted by atomic mass is 35.5. The summed E-state index contributed by atoms with van der Waals surface area (Å²) >= 11 is 5.79. The number of halogens is 1. The van der Waals surface area contributed by atoms with Crippen molar-refractivity contribution in [3.05, 3.63) is 29.3 Å². The molecule has 0 saturated carbocycles. The molecule has 1 amide bonds. The third-order valence-corrected chi connectivity index (χ3v) is 5.58. The van der Waals surface area contributed by atoms with Crippen LogP contribution in [0.2, 0.25) is 5.02 Å². The minimum Gasteiger partial charge on any atom is -0.325 e. The van der Waals surface area contributed by atoms with E-state index in [0.717, 1.165) is 4.31 Å². The first-order valence-electron chi connectivity index (χ1n) is 6.58. The van der Waals surface area contributed by atoms with Crippen molar-refractivity contribution < 1.29 is 13.2 Å². The summed E-state index contributed by atoms with van der Waals surface area (Å²) in [6.07, 6.45) is 1.19. The molecule has 1 aliphatic heterocycles. The van der Waals surface area contributed by atoms with Gasteiger partial charge in [0, 0.05) is 31.4 Å². The molecule has 0 aliphatic carbocycles. The number of hydrogen-bond donors (Lipinski definition) is 1. The molecule has 1 fully saturated rings. The summed E-state index contributed by atoms with van der Waals surface area (Å²) in [6, 6.07) is 6.02. The smallest absolute Gasteiger partial charge is 0.282 e. The van der Waals surface area contributed by atoms with Crippen LogP contribution in [0, 0.1) is 0 Å². The Morgan fingerprint density at radius 2 is 1.95 bits per heavy atom. The van der Waals surface area contributed by atoms with E-state index in [1.165, 1.54) is 18.4 Å². The van der Waals surface area contributed by atoms with Crippen molar-refractivity contribution in [2.75, 3.05) is 26.0 Å². The van der Waals surface area contributed by atoms with Gasteiger partial charge < -0.3 is 5.32 Å². The molecule has 1 saturated heterocycles. The molecule has 1 aromatic carbocycles. The van der Waals surface area contributed by atoms with Crippen LogP contribution < -0.4 is 5.32 Å². The first-order valence-corrected chi connectivity index (χ1v) is 8.35. The summed E-state index contributed by atoms with van der Waals surface area (Å²) in [4.78, 5) is 12.3. The fourth-order valence-corrected chi connectivity index (χ4v) is 3.67. The van der Waals surface area contributed by atoms with Crippen molar-refractivity contribution in [3.63, 3.8) is 0 Å². The molecule has 0 radical (unpaired) electrons. The van der Waals surface area contributed by atoms with Gasteiger partial charge in [-0.15, -0.1) is 0 Å². The monoisotopic (exact) mass is 331 g/mol. The maximum absolute atomic E-state index is 12.3. The Morgan fingerprint density at radius 3 is 2.52 bits per heavy atom. The minimum absolute atomic E-state index is 0.319. The summed E-state index contributed by atoms with van der Waals surface area (Å²) in [6.45, 7) is 0.360. The van der Waals surface area contributed by atoms with Gasteiger partial charge in [0.25, 0.3) is 10.2 Å². The van der Waals surface area contributed by atoms with Gasteiger partial charge in [0.1, 0.15) is 6.04 Å². The average molecular weight is 332 g/mol. The number of anilines is 1. The Kier molecular flexibility index (Phi) is 4.88. The fraction of sp³-hybridized carbons (Fsp3) is 0.462. The molecule has 8 heteroatoms. The van der Waals surface area contributed by atoms with Crippen LogP contribution in [0.3, 0.4) is 0 Å². The van der Waals surface area contributed by atoms with E-state index < -0.39 is 16.3 Å². The summed E-state index contributed by atoms with van der Waals surface area (Å²) in [7, 11) is -0.665. The Bertz CT molecular complexity index is 616. The Morgan fingerprint density at radius 1 is 1.33 bits per heavy atom. The van der Waals surface area contributed by atoms with Gasteiger partial charge in [-0.2, -0.15) is 17.0 Å². The lowest BCUT2D eigenvalue weighted by molar-refractivity contribution is -0.119. The van der Waals surface area contributed by atoms with Gasteiger partial charge >= 0.3 is 0 Å². The minimum atomic E-state index is -3.59. The highest BCUT2D eigenvalue weighted by Gasteiger charge is 2.39. The number of nitrogens with one attached hydrogen (secondary N) is 1. The van der Waals surface area contributed by atoms with Crippen molar-refractivity contribution >= 4 is 33.4 Å². The fourth-order valence-electron chi connectivity index (χ4n) is 2.25. The molecule has 2 rings (SSSR count). The second-order valence-electron chi connectivity index (χ2n) is 5.06. The van der Waals surface area contributed by atoms with Crippen molar-refractivity contribution in [3.8, 4) is 0 Å². The molecular weight excluding hydrogens is 314 g/mol. The molecule has 1 atom stereocenters. The predicted molar refractivity (Wildman–Crippen MR) is 82.4 cm³/mol. The second-order valence-corrected chi connectivity index (χ2v) is 7.59. The maximum Gasteiger partial charge on any atom is 0.282 e. The zero-order chi connectivity index (χ0) is 15.6. The van der Waals surface area contributed by atoms with Gasteiger partial charge in [-0.25, -0.2) is 0 Å². The van der Waals surface area contributed by atoms with E-state index in [1.807, 2.05) is 0 Å². The molecule has 1 aromatic rings. The molecule has 1 heterocycles. The van der Waals surface area contributed by atoms with Gasteiger partial charge in [-0.3, -0.25) is 4.79 Å². The van der Waals surface area contributed by atoms with Crippen molar-refractivity contribution in [2.24, 2.45) is 0 Å². The molecule has 6 nitrogen and oxygen atoms in total. The van der Waals surface area contributed by atoms with Crippen LogP contribution in [-0.2, 0) is 15.0 Å². The number of nitrogens with zero attached hydrogens (tertiary/aromatic N) is 2. The summed E-state index contributed by atoms with van der Waals surface area (Å²) in [5, 5.41) is 3.30. The maximum atomic E-state index is 12.3. The Hall–Kier alpha value is -1.15. The zero-order valence-corrected chi connectivity index (χ0v) is 13.5. The van der Waals surface area contributed by atoms with Crippen LogP contribution in [0.1, 0.15) is 12.8 Å². The number of carbonyl (C=O) groups excluding carboxylic acids is 1. The highest BCUT2D eigenvalue weighted by Crippen LogP contribution is 2.24. The molecule has 21 heavy (non-hydrogen) atoms. The topological polar surface area (TPSA) is 69.7 Å². The first kappa shape index (κ1) is 16.2. The molecule has 1 aliphatic rings. The Balaban J connectivity index is 2.13. The lowest BCUT2D eigenvalue weighted by Crippen LogP contribution is -2.47. The highest BCUT2D eigenvalue weighted by molar-refractivity contribution is 7.86. The molecule has 0 spiro atoms. The van der Waals surface area contributed by atoms with Crippen LogP contribution in [0.5, 0.6) is 0 Å². The molecular formula is C13H18ClN3O3S. The lowest BCUT2D eigenvalue weighted by atomic mass is 10.2. The quantitative estimate of drug-likeness (QED) is 0.910. The van der Waals surface area contributed by atoms with Crippen molar-refractivity contribution in [1.82, 2.24) is 8.61 Å². The number of carbonyl (C=O) groups is 1. The first-order chi connectivity index (χ1) is 9.82. The SMILES string of the molecule is CN(C)S(=O)(=O)N1CCC[C@H]1C(=O)Nc1ccc(Cl)cc1. The molecule has 0 unspecified atom stereocenters. The van der Waals surface area contributed by atoms with Crippen LogP contribution in [-0.4, -0.2) is 49.6 Å². The zero-order valence-electron chi connectivity index (χ0n) is 11.9. The van der Waals surface area contributed by atoms with Gasteiger partial charge in [0.05, 0.1) is 0 Å².